The molecule has 1 fully saturated rings. The first kappa shape index (κ1) is 20.0. The molecule has 0 radical (unpaired) electrons. The topological polar surface area (TPSA) is 84.4 Å². The zero-order valence-electron chi connectivity index (χ0n) is 16.0. The molecule has 30 heavy (non-hydrogen) atoms. The summed E-state index contributed by atoms with van der Waals surface area (Å²) in [6, 6.07) is 15.3. The lowest BCUT2D eigenvalue weighted by molar-refractivity contribution is -0.128. The number of aromatic nitrogens is 2. The molecule has 0 aliphatic carbocycles. The van der Waals surface area contributed by atoms with Crippen LogP contribution in [0.2, 0.25) is 0 Å². The van der Waals surface area contributed by atoms with Crippen LogP contribution >= 0.6 is 11.3 Å². The van der Waals surface area contributed by atoms with Crippen LogP contribution < -0.4 is 10.1 Å². The molecule has 1 unspecified atom stereocenters. The number of carbonyl (C=O) groups is 2. The highest BCUT2D eigenvalue weighted by Gasteiger charge is 2.34. The molecule has 7 nitrogen and oxygen atoms in total. The second-order valence-corrected chi connectivity index (χ2v) is 7.96. The molecule has 2 aromatic carbocycles. The molecule has 1 aliphatic heterocycles. The van der Waals surface area contributed by atoms with Crippen LogP contribution in [0, 0.1) is 11.7 Å². The van der Waals surface area contributed by atoms with E-state index in [0.717, 1.165) is 11.3 Å². The highest BCUT2D eigenvalue weighted by atomic mass is 32.1. The first-order valence-corrected chi connectivity index (χ1v) is 10.2. The Morgan fingerprint density at radius 2 is 1.93 bits per heavy atom. The van der Waals surface area contributed by atoms with Crippen molar-refractivity contribution >= 4 is 28.3 Å². The molecule has 154 valence electrons. The van der Waals surface area contributed by atoms with Gasteiger partial charge in [-0.2, -0.15) is 0 Å². The van der Waals surface area contributed by atoms with E-state index in [2.05, 4.69) is 15.5 Å². The molecule has 9 heteroatoms. The first-order chi connectivity index (χ1) is 14.6. The van der Waals surface area contributed by atoms with Gasteiger partial charge >= 0.3 is 0 Å². The molecule has 1 aromatic heterocycles. The van der Waals surface area contributed by atoms with Crippen molar-refractivity contribution in [2.75, 3.05) is 11.9 Å². The minimum atomic E-state index is -0.467. The third kappa shape index (κ3) is 4.98. The van der Waals surface area contributed by atoms with Gasteiger partial charge in [0.25, 0.3) is 0 Å². The molecule has 1 N–H and O–H groups in total. The average Bonchev–Trinajstić information content (AvgIpc) is 3.35. The van der Waals surface area contributed by atoms with Gasteiger partial charge in [-0.05, 0) is 29.8 Å². The minimum Gasteiger partial charge on any atom is -0.486 e. The van der Waals surface area contributed by atoms with Crippen molar-refractivity contribution < 1.29 is 18.7 Å². The van der Waals surface area contributed by atoms with Gasteiger partial charge in [0.15, 0.2) is 5.01 Å². The van der Waals surface area contributed by atoms with Crippen molar-refractivity contribution in [1.29, 1.82) is 0 Å². The predicted molar refractivity (Wildman–Crippen MR) is 109 cm³/mol. The number of likely N-dealkylation sites (tertiary alicyclic amines) is 1. The fourth-order valence-corrected chi connectivity index (χ4v) is 3.80. The van der Waals surface area contributed by atoms with Crippen molar-refractivity contribution in [3.63, 3.8) is 0 Å². The van der Waals surface area contributed by atoms with E-state index in [-0.39, 0.29) is 30.7 Å². The molecular weight excluding hydrogens is 407 g/mol. The van der Waals surface area contributed by atoms with E-state index in [9.17, 15) is 14.0 Å². The third-order valence-corrected chi connectivity index (χ3v) is 5.49. The van der Waals surface area contributed by atoms with E-state index < -0.39 is 5.92 Å². The maximum Gasteiger partial charge on any atom is 0.231 e. The van der Waals surface area contributed by atoms with E-state index >= 15 is 0 Å². The third-order valence-electron chi connectivity index (χ3n) is 4.67. The Balaban J connectivity index is 1.29. The van der Waals surface area contributed by atoms with Crippen LogP contribution in [0.3, 0.4) is 0 Å². The number of nitrogens with zero attached hydrogens (tertiary/aromatic N) is 3. The number of para-hydroxylation sites is 1. The van der Waals surface area contributed by atoms with Gasteiger partial charge in [-0.15, -0.1) is 10.2 Å². The summed E-state index contributed by atoms with van der Waals surface area (Å²) in [5.74, 6) is -0.436. The van der Waals surface area contributed by atoms with Crippen molar-refractivity contribution in [2.45, 2.75) is 19.6 Å². The molecule has 4 rings (SSSR count). The van der Waals surface area contributed by atoms with Crippen molar-refractivity contribution in [3.8, 4) is 5.75 Å². The van der Waals surface area contributed by atoms with Crippen LogP contribution in [0.5, 0.6) is 5.75 Å². The van der Waals surface area contributed by atoms with Crippen molar-refractivity contribution in [2.24, 2.45) is 5.92 Å². The molecule has 2 heterocycles. The second kappa shape index (κ2) is 9.00. The van der Waals surface area contributed by atoms with E-state index in [1.165, 1.54) is 23.5 Å². The lowest BCUT2D eigenvalue weighted by atomic mass is 10.1. The monoisotopic (exact) mass is 426 g/mol. The summed E-state index contributed by atoms with van der Waals surface area (Å²) >= 11 is 1.23. The molecule has 0 spiro atoms. The van der Waals surface area contributed by atoms with Gasteiger partial charge in [-0.25, -0.2) is 4.39 Å². The van der Waals surface area contributed by atoms with E-state index in [1.807, 2.05) is 30.3 Å². The molecule has 0 bridgehead atoms. The number of ether oxygens (including phenoxy) is 1. The Morgan fingerprint density at radius 3 is 2.70 bits per heavy atom. The Kier molecular flexibility index (Phi) is 5.99. The Bertz CT molecular complexity index is 1030. The second-order valence-electron chi connectivity index (χ2n) is 6.89. The zero-order valence-corrected chi connectivity index (χ0v) is 16.8. The molecule has 3 aromatic rings. The highest BCUT2D eigenvalue weighted by Crippen LogP contribution is 2.24. The minimum absolute atomic E-state index is 0.103. The largest absolute Gasteiger partial charge is 0.486 e. The molecule has 0 saturated carbocycles. The summed E-state index contributed by atoms with van der Waals surface area (Å²) in [7, 11) is 0. The van der Waals surface area contributed by atoms with E-state index in [4.69, 9.17) is 4.74 Å². The SMILES string of the molecule is O=C(Nc1nnc(COc2ccccc2)s1)C1CC(=O)N(Cc2ccc(F)cc2)C1. The molecule has 2 amide bonds. The summed E-state index contributed by atoms with van der Waals surface area (Å²) < 4.78 is 18.7. The summed E-state index contributed by atoms with van der Waals surface area (Å²) in [6.07, 6.45) is 0.135. The van der Waals surface area contributed by atoms with Crippen LogP contribution in [0.15, 0.2) is 54.6 Å². The summed E-state index contributed by atoms with van der Waals surface area (Å²) in [6.45, 7) is 0.915. The van der Waals surface area contributed by atoms with Gasteiger partial charge in [0.1, 0.15) is 18.2 Å². The fraction of sp³-hybridized carbons (Fsp3) is 0.238. The number of halogens is 1. The van der Waals surface area contributed by atoms with Gasteiger partial charge in [0, 0.05) is 19.5 Å². The van der Waals surface area contributed by atoms with E-state index in [1.54, 1.807) is 17.0 Å². The molecule has 1 atom stereocenters. The maximum atomic E-state index is 13.0. The zero-order chi connectivity index (χ0) is 20.9. The highest BCUT2D eigenvalue weighted by molar-refractivity contribution is 7.15. The maximum absolute atomic E-state index is 13.0. The number of amides is 2. The Labute approximate surface area is 176 Å². The van der Waals surface area contributed by atoms with Gasteiger partial charge in [0.2, 0.25) is 16.9 Å². The van der Waals surface area contributed by atoms with Gasteiger partial charge in [-0.1, -0.05) is 41.7 Å². The lowest BCUT2D eigenvalue weighted by Crippen LogP contribution is -2.28. The van der Waals surface area contributed by atoms with Gasteiger partial charge in [-0.3, -0.25) is 9.59 Å². The van der Waals surface area contributed by atoms with Crippen molar-refractivity contribution in [1.82, 2.24) is 15.1 Å². The Hall–Kier alpha value is -3.33. The summed E-state index contributed by atoms with van der Waals surface area (Å²) in [4.78, 5) is 26.4. The van der Waals surface area contributed by atoms with Gasteiger partial charge < -0.3 is 15.0 Å². The summed E-state index contributed by atoms with van der Waals surface area (Å²) in [5.41, 5.74) is 0.818. The molecule has 1 saturated heterocycles. The number of carbonyl (C=O) groups excluding carboxylic acids is 2. The van der Waals surface area contributed by atoms with Crippen molar-refractivity contribution in [3.05, 3.63) is 71.0 Å². The summed E-state index contributed by atoms with van der Waals surface area (Å²) in [5, 5.41) is 11.7. The number of anilines is 1. The smallest absolute Gasteiger partial charge is 0.231 e. The predicted octanol–water partition coefficient (Wildman–Crippen LogP) is 3.24. The lowest BCUT2D eigenvalue weighted by Gasteiger charge is -2.16. The van der Waals surface area contributed by atoms with Crippen LogP contribution in [0.1, 0.15) is 17.0 Å². The Morgan fingerprint density at radius 1 is 1.17 bits per heavy atom. The van der Waals surface area contributed by atoms with Crippen LogP contribution in [-0.2, 0) is 22.7 Å². The van der Waals surface area contributed by atoms with E-state index in [0.29, 0.717) is 23.2 Å². The number of hydrogen-bond acceptors (Lipinski definition) is 6. The molecular formula is C21H19FN4O3S. The normalized spacial score (nSPS) is 16.0. The average molecular weight is 426 g/mol. The standard InChI is InChI=1S/C21H19FN4O3S/c22-16-8-6-14(7-9-16)11-26-12-15(10-19(26)27)20(28)23-21-25-24-18(30-21)13-29-17-4-2-1-3-5-17/h1-9,15H,10-13H2,(H,23,25,28). The number of hydrogen-bond donors (Lipinski definition) is 1. The van der Waals surface area contributed by atoms with Gasteiger partial charge in [0.05, 0.1) is 5.92 Å². The number of rotatable bonds is 7. The van der Waals surface area contributed by atoms with Crippen LogP contribution in [0.4, 0.5) is 9.52 Å². The first-order valence-electron chi connectivity index (χ1n) is 9.40. The molecule has 1 aliphatic rings. The quantitative estimate of drug-likeness (QED) is 0.627. The van der Waals surface area contributed by atoms with Crippen LogP contribution in [-0.4, -0.2) is 33.5 Å². The fourth-order valence-electron chi connectivity index (χ4n) is 3.14. The number of nitrogens with one attached hydrogen (secondary N) is 1. The van der Waals surface area contributed by atoms with Crippen LogP contribution in [0.25, 0.3) is 0 Å². The number of benzene rings is 2.